The number of rotatable bonds is 3. The van der Waals surface area contributed by atoms with E-state index in [-0.39, 0.29) is 0 Å². The van der Waals surface area contributed by atoms with E-state index in [1.165, 1.54) is 12.1 Å². The SMILES string of the molecule is CS(=O)(=O)C(Br)(Br)[C@@H](O)c1ccc(F)cc1. The number of benzene rings is 1. The van der Waals surface area contributed by atoms with Crippen LogP contribution in [0.1, 0.15) is 11.7 Å². The molecule has 0 bridgehead atoms. The van der Waals surface area contributed by atoms with Crippen LogP contribution in [0.4, 0.5) is 4.39 Å². The van der Waals surface area contributed by atoms with Crippen LogP contribution >= 0.6 is 31.9 Å². The van der Waals surface area contributed by atoms with Gasteiger partial charge < -0.3 is 5.11 Å². The van der Waals surface area contributed by atoms with Crippen LogP contribution in [-0.2, 0) is 9.84 Å². The lowest BCUT2D eigenvalue weighted by Gasteiger charge is -2.24. The van der Waals surface area contributed by atoms with Crippen molar-refractivity contribution in [1.82, 2.24) is 0 Å². The first-order chi connectivity index (χ1) is 7.16. The van der Waals surface area contributed by atoms with E-state index >= 15 is 0 Å². The molecule has 7 heteroatoms. The standard InChI is InChI=1S/C9H9Br2FO3S/c1-16(14,15)9(10,11)8(13)6-2-4-7(12)5-3-6/h2-5,8,13H,1H3/t8-/m0/s1. The normalized spacial score (nSPS) is 14.8. The monoisotopic (exact) mass is 374 g/mol. The molecular formula is C9H9Br2FO3S. The van der Waals surface area contributed by atoms with Crippen LogP contribution < -0.4 is 0 Å². The van der Waals surface area contributed by atoms with Crippen molar-refractivity contribution in [3.63, 3.8) is 0 Å². The highest BCUT2D eigenvalue weighted by atomic mass is 79.9. The van der Waals surface area contributed by atoms with Crippen LogP contribution in [0.3, 0.4) is 0 Å². The number of sulfone groups is 1. The summed E-state index contributed by atoms with van der Waals surface area (Å²) in [7, 11) is -3.57. The van der Waals surface area contributed by atoms with E-state index in [1.54, 1.807) is 0 Å². The van der Waals surface area contributed by atoms with Gasteiger partial charge in [-0.15, -0.1) is 0 Å². The summed E-state index contributed by atoms with van der Waals surface area (Å²) in [5.41, 5.74) is 0.292. The molecular weight excluding hydrogens is 367 g/mol. The molecule has 0 radical (unpaired) electrons. The predicted octanol–water partition coefficient (Wildman–Crippen LogP) is 2.35. The van der Waals surface area contributed by atoms with Gasteiger partial charge >= 0.3 is 0 Å². The van der Waals surface area contributed by atoms with Gasteiger partial charge in [0.1, 0.15) is 11.9 Å². The fourth-order valence-corrected chi connectivity index (χ4v) is 2.11. The molecule has 0 aliphatic carbocycles. The molecule has 0 saturated heterocycles. The van der Waals surface area contributed by atoms with E-state index in [9.17, 15) is 17.9 Å². The predicted molar refractivity (Wildman–Crippen MR) is 66.8 cm³/mol. The molecule has 16 heavy (non-hydrogen) atoms. The second kappa shape index (κ2) is 4.72. The number of halogens is 3. The Morgan fingerprint density at radius 1 is 1.31 bits per heavy atom. The highest BCUT2D eigenvalue weighted by molar-refractivity contribution is 9.27. The summed E-state index contributed by atoms with van der Waals surface area (Å²) in [6, 6.07) is 4.94. The Kier molecular flexibility index (Phi) is 4.15. The average Bonchev–Trinajstić information content (AvgIpc) is 2.16. The first-order valence-electron chi connectivity index (χ1n) is 4.17. The van der Waals surface area contributed by atoms with Crippen LogP contribution in [0.25, 0.3) is 0 Å². The molecule has 1 rings (SSSR count). The minimum Gasteiger partial charge on any atom is -0.385 e. The molecule has 0 aromatic heterocycles. The second-order valence-electron chi connectivity index (χ2n) is 3.29. The Morgan fingerprint density at radius 2 is 1.75 bits per heavy atom. The van der Waals surface area contributed by atoms with Gasteiger partial charge in [0.05, 0.1) is 0 Å². The van der Waals surface area contributed by atoms with Crippen LogP contribution in [-0.4, -0.2) is 22.3 Å². The molecule has 3 nitrogen and oxygen atoms in total. The van der Waals surface area contributed by atoms with Crippen molar-refractivity contribution in [3.8, 4) is 0 Å². The zero-order valence-corrected chi connectivity index (χ0v) is 12.2. The number of aliphatic hydroxyl groups is 1. The molecule has 1 N–H and O–H groups in total. The minimum absolute atomic E-state index is 0.292. The highest BCUT2D eigenvalue weighted by Gasteiger charge is 2.43. The van der Waals surface area contributed by atoms with E-state index in [0.717, 1.165) is 18.4 Å². The van der Waals surface area contributed by atoms with Crippen LogP contribution in [0.2, 0.25) is 0 Å². The molecule has 0 fully saturated rings. The second-order valence-corrected chi connectivity index (χ2v) is 10.1. The molecule has 1 atom stereocenters. The summed E-state index contributed by atoms with van der Waals surface area (Å²) in [5.74, 6) is -0.454. The lowest BCUT2D eigenvalue weighted by Crippen LogP contribution is -2.31. The van der Waals surface area contributed by atoms with E-state index in [2.05, 4.69) is 31.9 Å². The smallest absolute Gasteiger partial charge is 0.210 e. The third-order valence-corrected chi connectivity index (χ3v) is 7.61. The lowest BCUT2D eigenvalue weighted by atomic mass is 10.1. The van der Waals surface area contributed by atoms with Crippen LogP contribution in [0.15, 0.2) is 24.3 Å². The average molecular weight is 376 g/mol. The van der Waals surface area contributed by atoms with Gasteiger partial charge in [0.2, 0.25) is 2.57 Å². The van der Waals surface area contributed by atoms with Crippen molar-refractivity contribution in [2.75, 3.05) is 6.26 Å². The number of alkyl halides is 2. The van der Waals surface area contributed by atoms with Crippen molar-refractivity contribution in [2.24, 2.45) is 0 Å². The van der Waals surface area contributed by atoms with Crippen molar-refractivity contribution < 1.29 is 17.9 Å². The number of hydrogen-bond acceptors (Lipinski definition) is 3. The molecule has 0 saturated carbocycles. The molecule has 0 amide bonds. The highest BCUT2D eigenvalue weighted by Crippen LogP contribution is 2.43. The maximum absolute atomic E-state index is 12.7. The summed E-state index contributed by atoms with van der Waals surface area (Å²) in [6.07, 6.45) is -0.369. The Morgan fingerprint density at radius 3 is 2.12 bits per heavy atom. The van der Waals surface area contributed by atoms with Gasteiger partial charge in [-0.3, -0.25) is 0 Å². The van der Waals surface area contributed by atoms with Crippen molar-refractivity contribution in [3.05, 3.63) is 35.6 Å². The topological polar surface area (TPSA) is 54.4 Å². The molecule has 0 aliphatic heterocycles. The van der Waals surface area contributed by atoms with Gasteiger partial charge in [-0.1, -0.05) is 44.0 Å². The van der Waals surface area contributed by atoms with Crippen molar-refractivity contribution >= 4 is 41.7 Å². The van der Waals surface area contributed by atoms with E-state index in [0.29, 0.717) is 5.56 Å². The molecule has 90 valence electrons. The lowest BCUT2D eigenvalue weighted by molar-refractivity contribution is 0.189. The van der Waals surface area contributed by atoms with Crippen molar-refractivity contribution in [1.29, 1.82) is 0 Å². The van der Waals surface area contributed by atoms with Crippen LogP contribution in [0, 0.1) is 5.82 Å². The zero-order chi connectivity index (χ0) is 12.6. The Balaban J connectivity index is 3.12. The molecule has 1 aromatic rings. The fraction of sp³-hybridized carbons (Fsp3) is 0.333. The Labute approximate surface area is 110 Å². The first kappa shape index (κ1) is 14.1. The third kappa shape index (κ3) is 2.82. The summed E-state index contributed by atoms with van der Waals surface area (Å²) in [4.78, 5) is 0. The van der Waals surface area contributed by atoms with Gasteiger partial charge in [-0.2, -0.15) is 0 Å². The quantitative estimate of drug-likeness (QED) is 0.825. The van der Waals surface area contributed by atoms with E-state index in [1.807, 2.05) is 0 Å². The fourth-order valence-electron chi connectivity index (χ4n) is 1.04. The molecule has 1 aromatic carbocycles. The maximum Gasteiger partial charge on any atom is 0.210 e. The van der Waals surface area contributed by atoms with Gasteiger partial charge in [0.15, 0.2) is 9.84 Å². The maximum atomic E-state index is 12.7. The largest absolute Gasteiger partial charge is 0.385 e. The third-order valence-electron chi connectivity index (χ3n) is 2.00. The van der Waals surface area contributed by atoms with Gasteiger partial charge in [-0.05, 0) is 17.7 Å². The summed E-state index contributed by atoms with van der Waals surface area (Å²) in [5, 5.41) is 9.88. The molecule has 0 unspecified atom stereocenters. The summed E-state index contributed by atoms with van der Waals surface area (Å²) in [6.45, 7) is 0. The number of hydrogen-bond donors (Lipinski definition) is 1. The van der Waals surface area contributed by atoms with Crippen LogP contribution in [0.5, 0.6) is 0 Å². The summed E-state index contributed by atoms with van der Waals surface area (Å²) >= 11 is 5.82. The minimum atomic E-state index is -3.57. The van der Waals surface area contributed by atoms with Gasteiger partial charge in [0.25, 0.3) is 0 Å². The zero-order valence-electron chi connectivity index (χ0n) is 8.19. The van der Waals surface area contributed by atoms with E-state index < -0.39 is 24.3 Å². The van der Waals surface area contributed by atoms with Gasteiger partial charge in [-0.25, -0.2) is 12.8 Å². The number of aliphatic hydroxyl groups excluding tert-OH is 1. The van der Waals surface area contributed by atoms with Gasteiger partial charge in [0, 0.05) is 6.26 Å². The van der Waals surface area contributed by atoms with Crippen molar-refractivity contribution in [2.45, 2.75) is 8.67 Å². The molecule has 0 spiro atoms. The first-order valence-corrected chi connectivity index (χ1v) is 7.65. The molecule has 0 heterocycles. The summed E-state index contributed by atoms with van der Waals surface area (Å²) < 4.78 is 33.8. The Bertz CT molecular complexity index is 470. The Hall–Kier alpha value is 0.0200. The molecule has 0 aliphatic rings. The van der Waals surface area contributed by atoms with E-state index in [4.69, 9.17) is 0 Å².